The number of phenols is 1. The lowest BCUT2D eigenvalue weighted by Crippen LogP contribution is -2.50. The van der Waals surface area contributed by atoms with Crippen molar-refractivity contribution in [2.45, 2.75) is 89.9 Å². The summed E-state index contributed by atoms with van der Waals surface area (Å²) in [5.74, 6) is -1.30. The maximum absolute atomic E-state index is 13.8. The molecular formula is C38H48N6O6. The lowest BCUT2D eigenvalue weighted by atomic mass is 9.92. The molecule has 0 unspecified atom stereocenters. The van der Waals surface area contributed by atoms with E-state index < -0.39 is 18.1 Å². The molecule has 50 heavy (non-hydrogen) atoms. The molecule has 12 heteroatoms. The van der Waals surface area contributed by atoms with Gasteiger partial charge in [0.05, 0.1) is 5.52 Å². The van der Waals surface area contributed by atoms with E-state index in [1.165, 1.54) is 12.1 Å². The molecule has 5 amide bonds. The number of phenolic OH excluding ortho intramolecular Hbond substituents is 1. The summed E-state index contributed by atoms with van der Waals surface area (Å²) in [4.78, 5) is 73.1. The highest BCUT2D eigenvalue weighted by Gasteiger charge is 2.41. The minimum Gasteiger partial charge on any atom is -0.508 e. The first-order valence-electron chi connectivity index (χ1n) is 17.6. The van der Waals surface area contributed by atoms with Crippen LogP contribution in [0.4, 0.5) is 0 Å². The van der Waals surface area contributed by atoms with Crippen molar-refractivity contribution in [2.75, 3.05) is 13.1 Å². The van der Waals surface area contributed by atoms with Gasteiger partial charge in [-0.2, -0.15) is 0 Å². The van der Waals surface area contributed by atoms with Crippen LogP contribution in [0, 0.1) is 11.8 Å². The minimum atomic E-state index is -0.832. The Morgan fingerprint density at radius 1 is 0.980 bits per heavy atom. The molecule has 3 heterocycles. The highest BCUT2D eigenvalue weighted by molar-refractivity contribution is 5.95. The number of hydrogen-bond donors (Lipinski definition) is 5. The average molecular weight is 685 g/mol. The predicted octanol–water partition coefficient (Wildman–Crippen LogP) is 3.22. The Labute approximate surface area is 292 Å². The number of nitrogens with zero attached hydrogens (tertiary/aromatic N) is 2. The number of carbonyl (C=O) groups is 5. The molecule has 2 aliphatic rings. The van der Waals surface area contributed by atoms with Gasteiger partial charge in [-0.25, -0.2) is 4.98 Å². The van der Waals surface area contributed by atoms with Crippen molar-refractivity contribution in [3.63, 3.8) is 0 Å². The quantitative estimate of drug-likeness (QED) is 0.275. The van der Waals surface area contributed by atoms with Gasteiger partial charge in [0, 0.05) is 49.8 Å². The van der Waals surface area contributed by atoms with E-state index in [1.54, 1.807) is 23.1 Å². The normalized spacial score (nSPS) is 24.5. The maximum atomic E-state index is 13.8. The summed E-state index contributed by atoms with van der Waals surface area (Å²) in [6, 6.07) is 15.3. The molecule has 2 aliphatic heterocycles. The van der Waals surface area contributed by atoms with E-state index in [0.717, 1.165) is 10.9 Å². The van der Waals surface area contributed by atoms with Crippen LogP contribution in [-0.4, -0.2) is 81.8 Å². The first-order chi connectivity index (χ1) is 24.0. The van der Waals surface area contributed by atoms with Crippen LogP contribution in [0.1, 0.15) is 75.3 Å². The van der Waals surface area contributed by atoms with E-state index in [0.29, 0.717) is 24.8 Å². The van der Waals surface area contributed by atoms with Gasteiger partial charge in [-0.1, -0.05) is 57.2 Å². The average Bonchev–Trinajstić information content (AvgIpc) is 3.52. The van der Waals surface area contributed by atoms with E-state index in [4.69, 9.17) is 0 Å². The molecular weight excluding hydrogens is 636 g/mol. The van der Waals surface area contributed by atoms with Gasteiger partial charge in [0.1, 0.15) is 23.5 Å². The number of benzene rings is 2. The van der Waals surface area contributed by atoms with Crippen LogP contribution < -0.4 is 21.3 Å². The molecule has 266 valence electrons. The molecule has 1 aromatic heterocycles. The van der Waals surface area contributed by atoms with Crippen LogP contribution in [-0.2, 0) is 25.6 Å². The van der Waals surface area contributed by atoms with E-state index in [9.17, 15) is 29.1 Å². The Kier molecular flexibility index (Phi) is 12.0. The number of nitrogens with one attached hydrogen (secondary N) is 4. The fourth-order valence-corrected chi connectivity index (χ4v) is 6.70. The Balaban J connectivity index is 1.31. The molecule has 0 aliphatic carbocycles. The number of amides is 5. The number of para-hydroxylation sites is 1. The Morgan fingerprint density at radius 2 is 1.74 bits per heavy atom. The summed E-state index contributed by atoms with van der Waals surface area (Å²) in [7, 11) is 0. The molecule has 12 nitrogen and oxygen atoms in total. The lowest BCUT2D eigenvalue weighted by Gasteiger charge is -2.29. The fraction of sp³-hybridized carbons (Fsp3) is 0.474. The number of carbonyl (C=O) groups excluding carboxylic acids is 5. The molecule has 0 bridgehead atoms. The smallest absolute Gasteiger partial charge is 0.270 e. The molecule has 0 radical (unpaired) electrons. The third-order valence-corrected chi connectivity index (χ3v) is 9.62. The third-order valence-electron chi connectivity index (χ3n) is 9.62. The van der Waals surface area contributed by atoms with Crippen LogP contribution in [0.25, 0.3) is 10.9 Å². The van der Waals surface area contributed by atoms with Gasteiger partial charge in [-0.05, 0) is 67.3 Å². The second-order valence-corrected chi connectivity index (χ2v) is 14.0. The van der Waals surface area contributed by atoms with Crippen LogP contribution in [0.5, 0.6) is 5.75 Å². The summed E-state index contributed by atoms with van der Waals surface area (Å²) in [6.07, 6.45) is 2.41. The van der Waals surface area contributed by atoms with Gasteiger partial charge in [-0.15, -0.1) is 0 Å². The maximum Gasteiger partial charge on any atom is 0.270 e. The monoisotopic (exact) mass is 684 g/mol. The van der Waals surface area contributed by atoms with Crippen LogP contribution >= 0.6 is 0 Å². The van der Waals surface area contributed by atoms with E-state index >= 15 is 0 Å². The van der Waals surface area contributed by atoms with E-state index in [2.05, 4.69) is 26.3 Å². The first-order valence-corrected chi connectivity index (χ1v) is 17.6. The number of aromatic hydroxyl groups is 1. The molecule has 5 atom stereocenters. The van der Waals surface area contributed by atoms with Gasteiger partial charge in [0.15, 0.2) is 0 Å². The largest absolute Gasteiger partial charge is 0.508 e. The summed E-state index contributed by atoms with van der Waals surface area (Å²) in [6.45, 7) is 6.39. The van der Waals surface area contributed by atoms with Crippen molar-refractivity contribution in [3.8, 4) is 5.75 Å². The number of pyridine rings is 1. The standard InChI is InChI=1S/C38H48N6O6/c1-23(2)29-16-10-24(3)19-34(46)42-32(20-25-11-14-28(45)15-12-25)36(48)39-18-6-9-35(47)44-22-27(21-33(44)38(50)43-29)40-37(49)31-17-13-26-7-4-5-8-30(26)41-31/h4-5,7-8,11-15,17,23-24,27,29,32-33,45H,6,9-10,16,18-22H2,1-3H3,(H,39,48)(H,40,49)(H,42,46)(H,43,50)/t24-,27-,29+,32+,33+/m1/s1. The molecule has 5 N–H and O–H groups in total. The molecule has 0 spiro atoms. The van der Waals surface area contributed by atoms with Gasteiger partial charge >= 0.3 is 0 Å². The predicted molar refractivity (Wildman–Crippen MR) is 189 cm³/mol. The number of fused-ring (bicyclic) bond motifs is 2. The van der Waals surface area contributed by atoms with Gasteiger partial charge in [0.2, 0.25) is 23.6 Å². The molecule has 0 saturated carbocycles. The van der Waals surface area contributed by atoms with Crippen molar-refractivity contribution >= 4 is 40.4 Å². The van der Waals surface area contributed by atoms with Gasteiger partial charge in [-0.3, -0.25) is 24.0 Å². The molecule has 5 rings (SSSR count). The highest BCUT2D eigenvalue weighted by Crippen LogP contribution is 2.23. The zero-order valence-corrected chi connectivity index (χ0v) is 29.0. The number of rotatable bonds is 5. The molecule has 3 aromatic rings. The van der Waals surface area contributed by atoms with E-state index in [-0.39, 0.29) is 97.6 Å². The third kappa shape index (κ3) is 9.58. The molecule has 2 saturated heterocycles. The summed E-state index contributed by atoms with van der Waals surface area (Å²) in [5, 5.41) is 22.5. The molecule has 2 fully saturated rings. The summed E-state index contributed by atoms with van der Waals surface area (Å²) >= 11 is 0. The van der Waals surface area contributed by atoms with Crippen LogP contribution in [0.2, 0.25) is 0 Å². The van der Waals surface area contributed by atoms with Gasteiger partial charge in [0.25, 0.3) is 5.91 Å². The zero-order chi connectivity index (χ0) is 35.8. The topological polar surface area (TPSA) is 170 Å². The Hall–Kier alpha value is -5.00. The fourth-order valence-electron chi connectivity index (χ4n) is 6.70. The Bertz CT molecular complexity index is 1690. The van der Waals surface area contributed by atoms with Crippen LogP contribution in [0.3, 0.4) is 0 Å². The second-order valence-electron chi connectivity index (χ2n) is 14.0. The minimum absolute atomic E-state index is 0.0164. The van der Waals surface area contributed by atoms with Crippen molar-refractivity contribution in [1.82, 2.24) is 31.2 Å². The van der Waals surface area contributed by atoms with Gasteiger partial charge < -0.3 is 31.3 Å². The van der Waals surface area contributed by atoms with Crippen molar-refractivity contribution in [3.05, 3.63) is 71.9 Å². The lowest BCUT2D eigenvalue weighted by molar-refractivity contribution is -0.139. The molecule has 2 aromatic carbocycles. The van der Waals surface area contributed by atoms with Crippen molar-refractivity contribution < 1.29 is 29.1 Å². The number of aromatic nitrogens is 1. The number of hydrogen-bond acceptors (Lipinski definition) is 7. The summed E-state index contributed by atoms with van der Waals surface area (Å²) in [5.41, 5.74) is 1.74. The van der Waals surface area contributed by atoms with E-state index in [1.807, 2.05) is 51.1 Å². The van der Waals surface area contributed by atoms with Crippen molar-refractivity contribution in [1.29, 1.82) is 0 Å². The Morgan fingerprint density at radius 3 is 2.50 bits per heavy atom. The SMILES string of the molecule is CC(C)[C@@H]1CC[C@@H](C)CC(=O)N[C@@H](Cc2ccc(O)cc2)C(=O)NCCCC(=O)N2C[C@H](NC(=O)c3ccc4ccccc4n3)C[C@H]2C(=O)N1. The summed E-state index contributed by atoms with van der Waals surface area (Å²) < 4.78 is 0. The second kappa shape index (κ2) is 16.6. The highest BCUT2D eigenvalue weighted by atomic mass is 16.3. The van der Waals surface area contributed by atoms with Crippen LogP contribution in [0.15, 0.2) is 60.7 Å². The first kappa shape index (κ1) is 36.3. The zero-order valence-electron chi connectivity index (χ0n) is 29.0. The van der Waals surface area contributed by atoms with Crippen molar-refractivity contribution in [2.24, 2.45) is 11.8 Å².